The minimum atomic E-state index is -0.341. The molecule has 0 unspecified atom stereocenters. The lowest BCUT2D eigenvalue weighted by Crippen LogP contribution is -2.55. The Morgan fingerprint density at radius 3 is 2.00 bits per heavy atom. The van der Waals surface area contributed by atoms with Crippen molar-refractivity contribution in [3.63, 3.8) is 0 Å². The van der Waals surface area contributed by atoms with Gasteiger partial charge in [0.15, 0.2) is 5.11 Å². The van der Waals surface area contributed by atoms with E-state index in [2.05, 4.69) is 42.2 Å². The number of carbonyl (C=O) groups is 2. The molecule has 2 aliphatic heterocycles. The Bertz CT molecular complexity index is 950. The normalized spacial score (nSPS) is 18.5. The lowest BCUT2D eigenvalue weighted by molar-refractivity contribution is -0.133. The molecule has 0 aromatic heterocycles. The molecule has 2 aliphatic rings. The van der Waals surface area contributed by atoms with E-state index in [1.165, 1.54) is 25.4 Å². The Kier molecular flexibility index (Phi) is 7.29. The highest BCUT2D eigenvalue weighted by atomic mass is 32.2. The maximum atomic E-state index is 12.6. The number of rotatable bonds is 6. The average molecular weight is 440 g/mol. The first kappa shape index (κ1) is 22.1. The SMILES string of the molecule is CCN1C(=O)C(=C/C=C/C=C/C=C2\Sc3ccccc3N2CC)C(=O)N(CC)C1=S. The van der Waals surface area contributed by atoms with Crippen molar-refractivity contribution < 1.29 is 9.59 Å². The number of anilines is 1. The fourth-order valence-corrected chi connectivity index (χ4v) is 4.89. The van der Waals surface area contributed by atoms with E-state index >= 15 is 0 Å². The quantitative estimate of drug-likeness (QED) is 0.283. The number of carbonyl (C=O) groups excluding carboxylic acids is 2. The molecule has 1 aromatic rings. The van der Waals surface area contributed by atoms with Crippen LogP contribution >= 0.6 is 24.0 Å². The maximum absolute atomic E-state index is 12.6. The number of para-hydroxylation sites is 1. The summed E-state index contributed by atoms with van der Waals surface area (Å²) in [5.41, 5.74) is 1.37. The first-order chi connectivity index (χ1) is 14.5. The molecule has 0 atom stereocenters. The van der Waals surface area contributed by atoms with Gasteiger partial charge in [-0.3, -0.25) is 19.4 Å². The fraction of sp³-hybridized carbons (Fsp3) is 0.261. The molecule has 0 spiro atoms. The Labute approximate surface area is 187 Å². The van der Waals surface area contributed by atoms with E-state index in [0.29, 0.717) is 13.1 Å². The Morgan fingerprint density at radius 1 is 0.833 bits per heavy atom. The van der Waals surface area contributed by atoms with Crippen LogP contribution in [0.15, 0.2) is 76.2 Å². The van der Waals surface area contributed by atoms with E-state index in [-0.39, 0.29) is 22.5 Å². The van der Waals surface area contributed by atoms with Crippen molar-refractivity contribution in [3.8, 4) is 0 Å². The van der Waals surface area contributed by atoms with Crippen molar-refractivity contribution >= 4 is 46.6 Å². The van der Waals surface area contributed by atoms with Crippen LogP contribution < -0.4 is 4.90 Å². The molecule has 1 fully saturated rings. The molecule has 0 N–H and O–H groups in total. The van der Waals surface area contributed by atoms with Gasteiger partial charge in [-0.05, 0) is 57.3 Å². The summed E-state index contributed by atoms with van der Waals surface area (Å²) in [7, 11) is 0. The van der Waals surface area contributed by atoms with E-state index in [4.69, 9.17) is 12.2 Å². The molecule has 0 bridgehead atoms. The van der Waals surface area contributed by atoms with Crippen molar-refractivity contribution in [1.82, 2.24) is 9.80 Å². The number of allylic oxidation sites excluding steroid dienone is 6. The van der Waals surface area contributed by atoms with Crippen molar-refractivity contribution in [2.24, 2.45) is 0 Å². The Morgan fingerprint density at radius 2 is 1.40 bits per heavy atom. The molecule has 7 heteroatoms. The number of benzene rings is 1. The topological polar surface area (TPSA) is 43.9 Å². The van der Waals surface area contributed by atoms with Gasteiger partial charge in [0, 0.05) is 24.5 Å². The maximum Gasteiger partial charge on any atom is 0.265 e. The minimum absolute atomic E-state index is 0.134. The van der Waals surface area contributed by atoms with E-state index in [0.717, 1.165) is 6.54 Å². The summed E-state index contributed by atoms with van der Waals surface area (Å²) in [6.07, 6.45) is 11.0. The van der Waals surface area contributed by atoms with Crippen LogP contribution in [-0.2, 0) is 9.59 Å². The van der Waals surface area contributed by atoms with E-state index in [9.17, 15) is 9.59 Å². The number of nitrogens with zero attached hydrogens (tertiary/aromatic N) is 3. The van der Waals surface area contributed by atoms with Crippen LogP contribution in [0, 0.1) is 0 Å². The molecular formula is C23H25N3O2S2. The number of fused-ring (bicyclic) bond motifs is 1. The van der Waals surface area contributed by atoms with Crippen LogP contribution in [-0.4, -0.2) is 46.4 Å². The molecule has 156 valence electrons. The summed E-state index contributed by atoms with van der Waals surface area (Å²) in [6, 6.07) is 8.36. The largest absolute Gasteiger partial charge is 0.335 e. The van der Waals surface area contributed by atoms with Crippen LogP contribution in [0.1, 0.15) is 20.8 Å². The van der Waals surface area contributed by atoms with Crippen LogP contribution in [0.2, 0.25) is 0 Å². The standard InChI is InChI=1S/C23H25N3O2S2/c1-4-24-18-14-11-12-15-19(18)30-20(24)16-10-8-7-9-13-17-21(27)25(5-2)23(29)26(6-3)22(17)28/h7-16H,4-6H2,1-3H3/b9-7+,10-8+,20-16-. The molecule has 2 amide bonds. The molecule has 1 aromatic carbocycles. The van der Waals surface area contributed by atoms with Gasteiger partial charge in [-0.2, -0.15) is 0 Å². The summed E-state index contributed by atoms with van der Waals surface area (Å²) in [6.45, 7) is 7.59. The highest BCUT2D eigenvalue weighted by Gasteiger charge is 2.37. The van der Waals surface area contributed by atoms with Crippen LogP contribution in [0.5, 0.6) is 0 Å². The zero-order chi connectivity index (χ0) is 21.7. The van der Waals surface area contributed by atoms with E-state index in [1.807, 2.05) is 32.1 Å². The van der Waals surface area contributed by atoms with Gasteiger partial charge in [-0.15, -0.1) is 0 Å². The number of amides is 2. The molecule has 1 saturated heterocycles. The Balaban J connectivity index is 1.71. The first-order valence-electron chi connectivity index (χ1n) is 10.0. The van der Waals surface area contributed by atoms with Crippen molar-refractivity contribution in [3.05, 3.63) is 71.3 Å². The van der Waals surface area contributed by atoms with Gasteiger partial charge in [0.2, 0.25) is 0 Å². The highest BCUT2D eigenvalue weighted by Crippen LogP contribution is 2.45. The molecule has 0 saturated carbocycles. The number of hydrogen-bond acceptors (Lipinski definition) is 5. The van der Waals surface area contributed by atoms with Crippen molar-refractivity contribution in [1.29, 1.82) is 0 Å². The van der Waals surface area contributed by atoms with Gasteiger partial charge < -0.3 is 4.90 Å². The molecule has 2 heterocycles. The summed E-state index contributed by atoms with van der Waals surface area (Å²) < 4.78 is 0. The average Bonchev–Trinajstić information content (AvgIpc) is 3.10. The number of thioether (sulfide) groups is 1. The van der Waals surface area contributed by atoms with Crippen LogP contribution in [0.3, 0.4) is 0 Å². The van der Waals surface area contributed by atoms with Gasteiger partial charge >= 0.3 is 0 Å². The second-order valence-corrected chi connectivity index (χ2v) is 7.98. The predicted molar refractivity (Wildman–Crippen MR) is 127 cm³/mol. The van der Waals surface area contributed by atoms with E-state index < -0.39 is 0 Å². The second kappa shape index (κ2) is 9.91. The van der Waals surface area contributed by atoms with Crippen LogP contribution in [0.4, 0.5) is 5.69 Å². The number of likely N-dealkylation sites (N-methyl/N-ethyl adjacent to an activating group) is 2. The minimum Gasteiger partial charge on any atom is -0.335 e. The lowest BCUT2D eigenvalue weighted by atomic mass is 10.1. The molecule has 0 aliphatic carbocycles. The molecule has 0 radical (unpaired) electrons. The number of thiocarbonyl (C=S) groups is 1. The highest BCUT2D eigenvalue weighted by molar-refractivity contribution is 8.03. The zero-order valence-electron chi connectivity index (χ0n) is 17.4. The molecule has 30 heavy (non-hydrogen) atoms. The van der Waals surface area contributed by atoms with E-state index in [1.54, 1.807) is 23.9 Å². The second-order valence-electron chi connectivity index (χ2n) is 6.55. The van der Waals surface area contributed by atoms with Gasteiger partial charge in [-0.25, -0.2) is 0 Å². The van der Waals surface area contributed by atoms with Gasteiger partial charge in [0.25, 0.3) is 11.8 Å². The molecule has 3 rings (SSSR count). The number of hydrogen-bond donors (Lipinski definition) is 0. The van der Waals surface area contributed by atoms with Crippen molar-refractivity contribution in [2.45, 2.75) is 25.7 Å². The smallest absolute Gasteiger partial charge is 0.265 e. The lowest BCUT2D eigenvalue weighted by Gasteiger charge is -2.35. The van der Waals surface area contributed by atoms with Crippen molar-refractivity contribution in [2.75, 3.05) is 24.5 Å². The first-order valence-corrected chi connectivity index (χ1v) is 11.2. The summed E-state index contributed by atoms with van der Waals surface area (Å²) in [5.74, 6) is -0.682. The predicted octanol–water partition coefficient (Wildman–Crippen LogP) is 4.49. The summed E-state index contributed by atoms with van der Waals surface area (Å²) >= 11 is 7.01. The summed E-state index contributed by atoms with van der Waals surface area (Å²) in [5, 5.41) is 1.45. The third-order valence-electron chi connectivity index (χ3n) is 4.83. The third kappa shape index (κ3) is 4.27. The summed E-state index contributed by atoms with van der Waals surface area (Å²) in [4.78, 5) is 31.6. The van der Waals surface area contributed by atoms with Gasteiger partial charge in [0.05, 0.1) is 10.7 Å². The van der Waals surface area contributed by atoms with Gasteiger partial charge in [0.1, 0.15) is 5.57 Å². The fourth-order valence-electron chi connectivity index (χ4n) is 3.32. The van der Waals surface area contributed by atoms with Gasteiger partial charge in [-0.1, -0.05) is 48.2 Å². The third-order valence-corrected chi connectivity index (χ3v) is 6.40. The zero-order valence-corrected chi connectivity index (χ0v) is 19.0. The molecule has 5 nitrogen and oxygen atoms in total. The molecular weight excluding hydrogens is 414 g/mol. The monoisotopic (exact) mass is 439 g/mol. The van der Waals surface area contributed by atoms with Crippen LogP contribution in [0.25, 0.3) is 0 Å². The Hall–Kier alpha value is -2.64.